The summed E-state index contributed by atoms with van der Waals surface area (Å²) in [5, 5.41) is 19.9. The van der Waals surface area contributed by atoms with Gasteiger partial charge in [0.15, 0.2) is 17.2 Å². The highest BCUT2D eigenvalue weighted by Gasteiger charge is 2.23. The minimum atomic E-state index is -0.808. The van der Waals surface area contributed by atoms with E-state index in [4.69, 9.17) is 15.2 Å². The molecule has 4 aromatic rings. The second-order valence-electron chi connectivity index (χ2n) is 10.1. The van der Waals surface area contributed by atoms with Gasteiger partial charge in [0.1, 0.15) is 24.5 Å². The summed E-state index contributed by atoms with van der Waals surface area (Å²) >= 11 is 0. The highest BCUT2D eigenvalue weighted by Crippen LogP contribution is 2.35. The smallest absolute Gasteiger partial charge is 0.271 e. The maximum absolute atomic E-state index is 13.5. The Labute approximate surface area is 246 Å². The lowest BCUT2D eigenvalue weighted by atomic mass is 10.2. The van der Waals surface area contributed by atoms with Crippen LogP contribution < -0.4 is 25.8 Å². The van der Waals surface area contributed by atoms with Crippen LogP contribution in [-0.4, -0.2) is 81.0 Å². The van der Waals surface area contributed by atoms with Gasteiger partial charge in [0, 0.05) is 35.9 Å². The number of carbonyl (C=O) groups excluding carboxylic acids is 2. The van der Waals surface area contributed by atoms with E-state index in [0.29, 0.717) is 34.8 Å². The minimum absolute atomic E-state index is 0.0984. The lowest BCUT2D eigenvalue weighted by Crippen LogP contribution is -2.33. The Morgan fingerprint density at radius 2 is 2.07 bits per heavy atom. The van der Waals surface area contributed by atoms with E-state index < -0.39 is 17.6 Å². The number of nitrogens with one attached hydrogen (secondary N) is 2. The van der Waals surface area contributed by atoms with E-state index in [1.165, 1.54) is 42.5 Å². The Morgan fingerprint density at radius 1 is 1.21 bits per heavy atom. The van der Waals surface area contributed by atoms with Crippen molar-refractivity contribution in [3.63, 3.8) is 0 Å². The van der Waals surface area contributed by atoms with Crippen molar-refractivity contribution in [2.45, 2.75) is 31.8 Å². The van der Waals surface area contributed by atoms with Gasteiger partial charge in [0.25, 0.3) is 5.91 Å². The number of hydrogen-bond acceptors (Lipinski definition) is 10. The van der Waals surface area contributed by atoms with Gasteiger partial charge in [-0.05, 0) is 50.1 Å². The van der Waals surface area contributed by atoms with Crippen molar-refractivity contribution in [1.29, 1.82) is 0 Å². The van der Waals surface area contributed by atoms with E-state index in [0.717, 1.165) is 32.4 Å². The molecule has 0 radical (unpaired) electrons. The number of anilines is 3. The van der Waals surface area contributed by atoms with E-state index in [1.807, 2.05) is 0 Å². The zero-order chi connectivity index (χ0) is 30.3. The number of nitrogens with zero attached hydrogens (tertiary/aromatic N) is 5. The van der Waals surface area contributed by atoms with Gasteiger partial charge in [0.2, 0.25) is 5.91 Å². The predicted molar refractivity (Wildman–Crippen MR) is 157 cm³/mol. The monoisotopic (exact) mass is 592 g/mol. The molecule has 1 saturated heterocycles. The lowest BCUT2D eigenvalue weighted by Gasteiger charge is -2.22. The van der Waals surface area contributed by atoms with Crippen LogP contribution in [0.1, 0.15) is 29.8 Å². The van der Waals surface area contributed by atoms with E-state index >= 15 is 0 Å². The van der Waals surface area contributed by atoms with Crippen LogP contribution in [0.3, 0.4) is 0 Å². The predicted octanol–water partition coefficient (Wildman–Crippen LogP) is 2.68. The van der Waals surface area contributed by atoms with Crippen molar-refractivity contribution >= 4 is 39.9 Å². The van der Waals surface area contributed by atoms with Crippen molar-refractivity contribution in [3.8, 4) is 11.5 Å². The Balaban J connectivity index is 1.30. The number of nitrogens with two attached hydrogens (primary N) is 1. The third-order valence-corrected chi connectivity index (χ3v) is 7.14. The molecule has 1 aliphatic heterocycles. The van der Waals surface area contributed by atoms with Crippen LogP contribution in [-0.2, 0) is 11.3 Å². The van der Waals surface area contributed by atoms with Crippen molar-refractivity contribution in [2.24, 2.45) is 5.73 Å². The fraction of sp³-hybridized carbons (Fsp3) is 0.345. The maximum Gasteiger partial charge on any atom is 0.271 e. The molecule has 2 aromatic heterocycles. The summed E-state index contributed by atoms with van der Waals surface area (Å²) in [6.07, 6.45) is 5.71. The maximum atomic E-state index is 13.5. The van der Waals surface area contributed by atoms with E-state index in [2.05, 4.69) is 30.6 Å². The molecular formula is C29H33FN8O5. The summed E-state index contributed by atoms with van der Waals surface area (Å²) in [7, 11) is 1.53. The molecule has 0 spiro atoms. The van der Waals surface area contributed by atoms with Gasteiger partial charge in [0.05, 0.1) is 31.5 Å². The summed E-state index contributed by atoms with van der Waals surface area (Å²) in [5.41, 5.74) is 6.55. The Hall–Kier alpha value is -4.82. The molecule has 13 nitrogen and oxygen atoms in total. The largest absolute Gasteiger partial charge is 0.493 e. The number of amides is 2. The van der Waals surface area contributed by atoms with Gasteiger partial charge in [-0.25, -0.2) is 14.4 Å². The van der Waals surface area contributed by atoms with Crippen LogP contribution in [0.25, 0.3) is 10.9 Å². The average molecular weight is 593 g/mol. The number of rotatable bonds is 13. The van der Waals surface area contributed by atoms with Gasteiger partial charge in [-0.3, -0.25) is 19.2 Å². The van der Waals surface area contributed by atoms with Crippen LogP contribution in [0.2, 0.25) is 0 Å². The summed E-state index contributed by atoms with van der Waals surface area (Å²) in [6, 6.07) is 9.20. The second kappa shape index (κ2) is 13.4. The van der Waals surface area contributed by atoms with E-state index in [9.17, 15) is 19.1 Å². The van der Waals surface area contributed by atoms with Crippen LogP contribution in [0.5, 0.6) is 11.5 Å². The first kappa shape index (κ1) is 29.7. The quantitative estimate of drug-likeness (QED) is 0.169. The summed E-state index contributed by atoms with van der Waals surface area (Å²) < 4.78 is 26.3. The number of hydrogen-bond donors (Lipinski definition) is 4. The third-order valence-electron chi connectivity index (χ3n) is 7.14. The fourth-order valence-corrected chi connectivity index (χ4v) is 5.10. The normalized spacial score (nSPS) is 15.0. The number of aliphatic hydroxyl groups excluding tert-OH is 1. The van der Waals surface area contributed by atoms with Crippen molar-refractivity contribution < 1.29 is 28.6 Å². The second-order valence-corrected chi connectivity index (χ2v) is 10.1. The molecule has 0 bridgehead atoms. The summed E-state index contributed by atoms with van der Waals surface area (Å²) in [6.45, 7) is 2.19. The number of carbonyl (C=O) groups is 2. The van der Waals surface area contributed by atoms with Crippen molar-refractivity contribution in [2.75, 3.05) is 44.0 Å². The number of ether oxygens (including phenoxy) is 2. The topological polar surface area (TPSA) is 170 Å². The first-order valence-electron chi connectivity index (χ1n) is 13.8. The molecule has 1 atom stereocenters. The Bertz CT molecular complexity index is 1610. The number of halogens is 1. The number of benzene rings is 2. The molecule has 14 heteroatoms. The molecule has 226 valence electrons. The number of aliphatic hydroxyl groups is 1. The number of methoxy groups -OCH3 is 1. The number of fused-ring (bicyclic) bond motifs is 1. The van der Waals surface area contributed by atoms with Gasteiger partial charge in [-0.15, -0.1) is 0 Å². The molecule has 5 rings (SSSR count). The van der Waals surface area contributed by atoms with Crippen LogP contribution in [0.4, 0.5) is 21.6 Å². The van der Waals surface area contributed by atoms with Crippen LogP contribution in [0.15, 0.2) is 48.9 Å². The van der Waals surface area contributed by atoms with Gasteiger partial charge >= 0.3 is 0 Å². The first-order valence-corrected chi connectivity index (χ1v) is 13.8. The van der Waals surface area contributed by atoms with Gasteiger partial charge < -0.3 is 30.9 Å². The molecule has 1 aliphatic rings. The fourth-order valence-electron chi connectivity index (χ4n) is 5.10. The molecule has 5 N–H and O–H groups in total. The zero-order valence-corrected chi connectivity index (χ0v) is 23.6. The van der Waals surface area contributed by atoms with E-state index in [1.54, 1.807) is 18.2 Å². The Kier molecular flexibility index (Phi) is 9.27. The van der Waals surface area contributed by atoms with Crippen molar-refractivity contribution in [3.05, 3.63) is 60.4 Å². The molecule has 2 amide bonds. The summed E-state index contributed by atoms with van der Waals surface area (Å²) in [4.78, 5) is 35.7. The molecule has 0 aliphatic carbocycles. The van der Waals surface area contributed by atoms with Gasteiger partial charge in [-0.1, -0.05) is 6.07 Å². The third kappa shape index (κ3) is 7.16. The zero-order valence-electron chi connectivity index (χ0n) is 23.6. The van der Waals surface area contributed by atoms with Crippen LogP contribution >= 0.6 is 0 Å². The van der Waals surface area contributed by atoms with Crippen LogP contribution in [0, 0.1) is 5.82 Å². The summed E-state index contributed by atoms with van der Waals surface area (Å²) in [5.74, 6) is -0.424. The minimum Gasteiger partial charge on any atom is -0.493 e. The lowest BCUT2D eigenvalue weighted by molar-refractivity contribution is -0.116. The molecule has 0 unspecified atom stereocenters. The Morgan fingerprint density at radius 3 is 2.84 bits per heavy atom. The number of likely N-dealkylation sites (tertiary alicyclic amines) is 1. The standard InChI is InChI=1S/C29H33FN8O5/c1-42-24-12-21-22(13-25(24)43-10-4-9-37-8-3-7-20(37)16-39)32-17-33-29(21)35-23-14-38(36-27(23)28(31)41)15-26(40)34-19-6-2-5-18(30)11-19/h2,5-6,11-14,17,20,39H,3-4,7-10,15-16H2,1H3,(H2,31,41)(H,34,40)(H,32,33,35)/t20-/m0/s1. The highest BCUT2D eigenvalue weighted by molar-refractivity contribution is 5.99. The first-order chi connectivity index (χ1) is 20.8. The van der Waals surface area contributed by atoms with Gasteiger partial charge in [-0.2, -0.15) is 5.10 Å². The molecule has 2 aromatic carbocycles. The molecule has 3 heterocycles. The molecule has 43 heavy (non-hydrogen) atoms. The number of aromatic nitrogens is 4. The van der Waals surface area contributed by atoms with Crippen molar-refractivity contribution in [1.82, 2.24) is 24.6 Å². The molecule has 1 fully saturated rings. The average Bonchev–Trinajstić information content (AvgIpc) is 3.61. The SMILES string of the molecule is COc1cc2c(Nc3cn(CC(=O)Nc4cccc(F)c4)nc3C(N)=O)ncnc2cc1OCCCN1CCC[C@H]1CO. The molecular weight excluding hydrogens is 559 g/mol. The van der Waals surface area contributed by atoms with E-state index in [-0.39, 0.29) is 36.3 Å². The molecule has 0 saturated carbocycles. The number of primary amides is 1. The highest BCUT2D eigenvalue weighted by atomic mass is 19.1.